The summed E-state index contributed by atoms with van der Waals surface area (Å²) in [6.07, 6.45) is 1.93. The van der Waals surface area contributed by atoms with Crippen molar-refractivity contribution >= 4 is 11.6 Å². The summed E-state index contributed by atoms with van der Waals surface area (Å²) in [7, 11) is 3.70. The molecule has 0 N–H and O–H groups in total. The molecule has 24 heavy (non-hydrogen) atoms. The summed E-state index contributed by atoms with van der Waals surface area (Å²) in [5, 5.41) is 0. The van der Waals surface area contributed by atoms with E-state index >= 15 is 0 Å². The lowest BCUT2D eigenvalue weighted by Crippen LogP contribution is -2.51. The minimum absolute atomic E-state index is 0.0786. The van der Waals surface area contributed by atoms with Crippen LogP contribution in [0.15, 0.2) is 54.6 Å². The van der Waals surface area contributed by atoms with E-state index in [2.05, 4.69) is 11.0 Å². The molecule has 2 aromatic rings. The normalized spacial score (nSPS) is 18.0. The maximum absolute atomic E-state index is 12.9. The minimum atomic E-state index is -0.0786. The van der Waals surface area contributed by atoms with Gasteiger partial charge < -0.3 is 9.64 Å². The largest absolute Gasteiger partial charge is 0.497 e. The molecule has 1 atom stereocenters. The van der Waals surface area contributed by atoms with Crippen LogP contribution in [0.1, 0.15) is 18.4 Å². The summed E-state index contributed by atoms with van der Waals surface area (Å²) in [5.74, 6) is 1.04. The predicted molar refractivity (Wildman–Crippen MR) is 96.3 cm³/mol. The lowest BCUT2D eigenvalue weighted by Gasteiger charge is -2.37. The first-order chi connectivity index (χ1) is 11.7. The van der Waals surface area contributed by atoms with Crippen LogP contribution < -0.4 is 9.64 Å². The highest BCUT2D eigenvalue weighted by atomic mass is 16.5. The van der Waals surface area contributed by atoms with Gasteiger partial charge in [-0.2, -0.15) is 0 Å². The number of amides is 1. The molecule has 4 nitrogen and oxygen atoms in total. The van der Waals surface area contributed by atoms with Gasteiger partial charge in [0.1, 0.15) is 5.75 Å². The van der Waals surface area contributed by atoms with Gasteiger partial charge in [0.2, 0.25) is 5.91 Å². The van der Waals surface area contributed by atoms with Gasteiger partial charge in [-0.15, -0.1) is 0 Å². The van der Waals surface area contributed by atoms with Gasteiger partial charge in [-0.25, -0.2) is 0 Å². The van der Waals surface area contributed by atoms with E-state index in [0.29, 0.717) is 0 Å². The number of carbonyl (C=O) groups excluding carboxylic acids is 1. The number of nitrogens with zero attached hydrogens (tertiary/aromatic N) is 2. The second kappa shape index (κ2) is 7.49. The van der Waals surface area contributed by atoms with Crippen molar-refractivity contribution < 1.29 is 9.53 Å². The number of hydrogen-bond donors (Lipinski definition) is 0. The Bertz CT molecular complexity index is 687. The fourth-order valence-corrected chi connectivity index (χ4v) is 3.30. The van der Waals surface area contributed by atoms with Crippen LogP contribution in [0.25, 0.3) is 0 Å². The van der Waals surface area contributed by atoms with Gasteiger partial charge in [-0.05, 0) is 49.7 Å². The number of rotatable bonds is 5. The van der Waals surface area contributed by atoms with Crippen molar-refractivity contribution in [2.75, 3.05) is 25.6 Å². The molecule has 0 radical (unpaired) electrons. The third-order valence-corrected chi connectivity index (χ3v) is 4.58. The number of methoxy groups -OCH3 is 1. The summed E-state index contributed by atoms with van der Waals surface area (Å²) in [6, 6.07) is 17.9. The van der Waals surface area contributed by atoms with Crippen LogP contribution in [-0.2, 0) is 11.3 Å². The third kappa shape index (κ3) is 3.60. The quantitative estimate of drug-likeness (QED) is 0.846. The number of ether oxygens (including phenoxy) is 1. The van der Waals surface area contributed by atoms with Gasteiger partial charge in [0, 0.05) is 18.8 Å². The zero-order valence-corrected chi connectivity index (χ0v) is 14.3. The van der Waals surface area contributed by atoms with Crippen molar-refractivity contribution in [1.82, 2.24) is 4.90 Å². The molecule has 1 unspecified atom stereocenters. The van der Waals surface area contributed by atoms with E-state index in [-0.39, 0.29) is 11.9 Å². The zero-order chi connectivity index (χ0) is 16.9. The molecule has 0 aliphatic carbocycles. The monoisotopic (exact) mass is 324 g/mol. The summed E-state index contributed by atoms with van der Waals surface area (Å²) in [6.45, 7) is 1.53. The second-order valence-corrected chi connectivity index (χ2v) is 6.25. The van der Waals surface area contributed by atoms with E-state index in [9.17, 15) is 4.79 Å². The third-order valence-electron chi connectivity index (χ3n) is 4.58. The van der Waals surface area contributed by atoms with Crippen molar-refractivity contribution in [3.8, 4) is 5.75 Å². The molecule has 0 aromatic heterocycles. The summed E-state index contributed by atoms with van der Waals surface area (Å²) >= 11 is 0. The van der Waals surface area contributed by atoms with Crippen LogP contribution in [0.3, 0.4) is 0 Å². The van der Waals surface area contributed by atoms with Gasteiger partial charge >= 0.3 is 0 Å². The number of carbonyl (C=O) groups is 1. The molecule has 3 rings (SSSR count). The number of hydrogen-bond acceptors (Lipinski definition) is 3. The second-order valence-electron chi connectivity index (χ2n) is 6.25. The topological polar surface area (TPSA) is 32.8 Å². The van der Waals surface area contributed by atoms with E-state index < -0.39 is 0 Å². The van der Waals surface area contributed by atoms with E-state index in [1.54, 1.807) is 7.11 Å². The molecule has 4 heteroatoms. The number of piperidine rings is 1. The van der Waals surface area contributed by atoms with Gasteiger partial charge in [0.25, 0.3) is 0 Å². The molecular weight excluding hydrogens is 300 g/mol. The van der Waals surface area contributed by atoms with Gasteiger partial charge in [-0.1, -0.05) is 30.3 Å². The van der Waals surface area contributed by atoms with Crippen LogP contribution in [0, 0.1) is 0 Å². The summed E-state index contributed by atoms with van der Waals surface area (Å²) < 4.78 is 5.28. The molecule has 1 aliphatic rings. The first-order valence-corrected chi connectivity index (χ1v) is 8.38. The Hall–Kier alpha value is -2.33. The Kier molecular flexibility index (Phi) is 5.16. The molecule has 1 amide bonds. The van der Waals surface area contributed by atoms with Crippen LogP contribution in [-0.4, -0.2) is 37.6 Å². The molecule has 0 saturated carbocycles. The predicted octanol–water partition coefficient (Wildman–Crippen LogP) is 3.32. The van der Waals surface area contributed by atoms with Crippen molar-refractivity contribution in [2.24, 2.45) is 0 Å². The Balaban J connectivity index is 1.72. The molecule has 126 valence electrons. The summed E-state index contributed by atoms with van der Waals surface area (Å²) in [4.78, 5) is 17.0. The molecule has 1 fully saturated rings. The highest BCUT2D eigenvalue weighted by Crippen LogP contribution is 2.24. The van der Waals surface area contributed by atoms with Crippen LogP contribution in [0.5, 0.6) is 5.75 Å². The minimum Gasteiger partial charge on any atom is -0.497 e. The number of likely N-dealkylation sites (N-methyl/N-ethyl adjacent to an activating group) is 1. The van der Waals surface area contributed by atoms with Crippen molar-refractivity contribution in [1.29, 1.82) is 0 Å². The Morgan fingerprint density at radius 1 is 1.17 bits per heavy atom. The average Bonchev–Trinajstić information content (AvgIpc) is 2.62. The smallest absolute Gasteiger partial charge is 0.244 e. The van der Waals surface area contributed by atoms with Crippen LogP contribution >= 0.6 is 0 Å². The fraction of sp³-hybridized carbons (Fsp3) is 0.350. The Morgan fingerprint density at radius 2 is 1.96 bits per heavy atom. The molecule has 2 aromatic carbocycles. The van der Waals surface area contributed by atoms with Crippen molar-refractivity contribution in [3.63, 3.8) is 0 Å². The highest BCUT2D eigenvalue weighted by molar-refractivity contribution is 5.97. The Labute approximate surface area is 143 Å². The maximum Gasteiger partial charge on any atom is 0.244 e. The fourth-order valence-electron chi connectivity index (χ4n) is 3.30. The van der Waals surface area contributed by atoms with E-state index in [1.807, 2.05) is 60.5 Å². The first-order valence-electron chi connectivity index (χ1n) is 8.38. The van der Waals surface area contributed by atoms with Gasteiger partial charge in [0.15, 0.2) is 0 Å². The van der Waals surface area contributed by atoms with Gasteiger partial charge in [0.05, 0.1) is 13.2 Å². The Morgan fingerprint density at radius 3 is 2.71 bits per heavy atom. The molecule has 0 bridgehead atoms. The van der Waals surface area contributed by atoms with Gasteiger partial charge in [-0.3, -0.25) is 9.69 Å². The van der Waals surface area contributed by atoms with Crippen LogP contribution in [0.4, 0.5) is 5.69 Å². The van der Waals surface area contributed by atoms with E-state index in [1.165, 1.54) is 0 Å². The highest BCUT2D eigenvalue weighted by Gasteiger charge is 2.32. The van der Waals surface area contributed by atoms with Crippen molar-refractivity contribution in [2.45, 2.75) is 25.4 Å². The van der Waals surface area contributed by atoms with Crippen molar-refractivity contribution in [3.05, 3.63) is 60.2 Å². The SMILES string of the molecule is COc1cccc(CN(C)C2CCCN(c3ccccc3)C2=O)c1. The lowest BCUT2D eigenvalue weighted by atomic mass is 10.0. The van der Waals surface area contributed by atoms with E-state index in [4.69, 9.17) is 4.74 Å². The van der Waals surface area contributed by atoms with E-state index in [0.717, 1.165) is 42.9 Å². The number of benzene rings is 2. The molecule has 1 saturated heterocycles. The maximum atomic E-state index is 12.9. The average molecular weight is 324 g/mol. The number of para-hydroxylation sites is 1. The van der Waals surface area contributed by atoms with Crippen LogP contribution in [0.2, 0.25) is 0 Å². The molecule has 1 heterocycles. The lowest BCUT2D eigenvalue weighted by molar-refractivity contribution is -0.125. The standard InChI is InChI=1S/C20H24N2O2/c1-21(15-16-8-6-11-18(14-16)24-2)19-12-7-13-22(20(19)23)17-9-4-3-5-10-17/h3-6,8-11,14,19H,7,12-13,15H2,1-2H3. The number of anilines is 1. The summed E-state index contributed by atoms with van der Waals surface area (Å²) in [5.41, 5.74) is 2.14. The molecule has 0 spiro atoms. The first kappa shape index (κ1) is 16.5. The molecule has 1 aliphatic heterocycles. The molecular formula is C20H24N2O2. The zero-order valence-electron chi connectivity index (χ0n) is 14.3.